The minimum absolute atomic E-state index is 0.0707. The highest BCUT2D eigenvalue weighted by atomic mass is 19.2. The van der Waals surface area contributed by atoms with Crippen LogP contribution in [0.3, 0.4) is 0 Å². The molecule has 0 spiro atoms. The third-order valence-electron chi connectivity index (χ3n) is 1.96. The molecular formula is C10H8F4. The summed E-state index contributed by atoms with van der Waals surface area (Å²) >= 11 is 0. The Bertz CT molecular complexity index is 382. The Kier molecular flexibility index (Phi) is 2.93. The first-order valence-electron chi connectivity index (χ1n) is 4.01. The number of rotatable bonds is 2. The van der Waals surface area contributed by atoms with Gasteiger partial charge < -0.3 is 0 Å². The molecule has 0 atom stereocenters. The molecule has 0 aromatic heterocycles. The van der Waals surface area contributed by atoms with Gasteiger partial charge in [-0.15, -0.1) is 0 Å². The Morgan fingerprint density at radius 1 is 1.00 bits per heavy atom. The second-order valence-electron chi connectivity index (χ2n) is 2.71. The SMILES string of the molecule is C=Cc1c(F)c(F)c(F)c(F)c1CC. The highest BCUT2D eigenvalue weighted by Crippen LogP contribution is 2.25. The first-order chi connectivity index (χ1) is 6.54. The van der Waals surface area contributed by atoms with Crippen LogP contribution in [0.25, 0.3) is 6.08 Å². The summed E-state index contributed by atoms with van der Waals surface area (Å²) < 4.78 is 51.5. The van der Waals surface area contributed by atoms with E-state index in [1.807, 2.05) is 0 Å². The lowest BCUT2D eigenvalue weighted by Crippen LogP contribution is -2.05. The number of benzene rings is 1. The second kappa shape index (κ2) is 3.82. The molecule has 0 aliphatic carbocycles. The average molecular weight is 204 g/mol. The van der Waals surface area contributed by atoms with Gasteiger partial charge in [0, 0.05) is 11.1 Å². The van der Waals surface area contributed by atoms with Crippen molar-refractivity contribution in [1.29, 1.82) is 0 Å². The molecule has 0 heterocycles. The first kappa shape index (κ1) is 10.8. The standard InChI is InChI=1S/C10H8F4/c1-3-5-6(4-2)8(12)10(14)9(13)7(5)11/h3H,1,4H2,2H3. The van der Waals surface area contributed by atoms with Crippen molar-refractivity contribution in [3.8, 4) is 0 Å². The maximum atomic E-state index is 13.1. The minimum Gasteiger partial charge on any atom is -0.203 e. The highest BCUT2D eigenvalue weighted by molar-refractivity contribution is 5.53. The summed E-state index contributed by atoms with van der Waals surface area (Å²) in [5.74, 6) is -6.31. The molecule has 0 N–H and O–H groups in total. The normalized spacial score (nSPS) is 10.4. The van der Waals surface area contributed by atoms with E-state index in [1.54, 1.807) is 0 Å². The molecule has 1 aromatic rings. The number of halogens is 4. The van der Waals surface area contributed by atoms with Crippen LogP contribution in [-0.2, 0) is 6.42 Å². The molecule has 0 saturated heterocycles. The molecular weight excluding hydrogens is 196 g/mol. The summed E-state index contributed by atoms with van der Waals surface area (Å²) in [5.41, 5.74) is -0.514. The van der Waals surface area contributed by atoms with Crippen LogP contribution in [0.4, 0.5) is 17.6 Å². The van der Waals surface area contributed by atoms with Gasteiger partial charge in [0.05, 0.1) is 0 Å². The zero-order valence-corrected chi connectivity index (χ0v) is 7.50. The van der Waals surface area contributed by atoms with Crippen LogP contribution in [0.2, 0.25) is 0 Å². The molecule has 0 aliphatic heterocycles. The number of hydrogen-bond donors (Lipinski definition) is 0. The lowest BCUT2D eigenvalue weighted by molar-refractivity contribution is 0.403. The van der Waals surface area contributed by atoms with Crippen LogP contribution < -0.4 is 0 Å². The van der Waals surface area contributed by atoms with Crippen LogP contribution in [0.5, 0.6) is 0 Å². The third-order valence-corrected chi connectivity index (χ3v) is 1.96. The van der Waals surface area contributed by atoms with Gasteiger partial charge in [-0.25, -0.2) is 17.6 Å². The van der Waals surface area contributed by atoms with E-state index in [0.717, 1.165) is 6.08 Å². The predicted molar refractivity (Wildman–Crippen MR) is 45.7 cm³/mol. The molecule has 0 aliphatic rings. The molecule has 0 fully saturated rings. The number of hydrogen-bond acceptors (Lipinski definition) is 0. The van der Waals surface area contributed by atoms with Gasteiger partial charge in [-0.2, -0.15) is 0 Å². The predicted octanol–water partition coefficient (Wildman–Crippen LogP) is 3.45. The Labute approximate surface area is 78.9 Å². The van der Waals surface area contributed by atoms with Gasteiger partial charge in [0.1, 0.15) is 0 Å². The van der Waals surface area contributed by atoms with Gasteiger partial charge >= 0.3 is 0 Å². The quantitative estimate of drug-likeness (QED) is 0.393. The van der Waals surface area contributed by atoms with Crippen LogP contribution in [0.1, 0.15) is 18.1 Å². The molecule has 0 bridgehead atoms. The summed E-state index contributed by atoms with van der Waals surface area (Å²) in [7, 11) is 0. The maximum Gasteiger partial charge on any atom is 0.198 e. The van der Waals surface area contributed by atoms with Crippen molar-refractivity contribution < 1.29 is 17.6 Å². The Morgan fingerprint density at radius 3 is 1.93 bits per heavy atom. The summed E-state index contributed by atoms with van der Waals surface area (Å²) in [4.78, 5) is 0. The topological polar surface area (TPSA) is 0 Å². The van der Waals surface area contributed by atoms with Gasteiger partial charge in [0.25, 0.3) is 0 Å². The fourth-order valence-electron chi connectivity index (χ4n) is 1.25. The van der Waals surface area contributed by atoms with E-state index in [2.05, 4.69) is 6.58 Å². The fourth-order valence-corrected chi connectivity index (χ4v) is 1.25. The molecule has 0 saturated carbocycles. The molecule has 0 amide bonds. The van der Waals surface area contributed by atoms with E-state index in [-0.39, 0.29) is 17.5 Å². The van der Waals surface area contributed by atoms with E-state index in [1.165, 1.54) is 6.92 Å². The van der Waals surface area contributed by atoms with Crippen molar-refractivity contribution >= 4 is 6.08 Å². The van der Waals surface area contributed by atoms with Gasteiger partial charge in [0.2, 0.25) is 0 Å². The lowest BCUT2D eigenvalue weighted by Gasteiger charge is -2.08. The molecule has 0 radical (unpaired) electrons. The van der Waals surface area contributed by atoms with Crippen LogP contribution in [-0.4, -0.2) is 0 Å². The summed E-state index contributed by atoms with van der Waals surface area (Å²) in [6.45, 7) is 4.73. The monoisotopic (exact) mass is 204 g/mol. The first-order valence-corrected chi connectivity index (χ1v) is 4.01. The van der Waals surface area contributed by atoms with Gasteiger partial charge in [0.15, 0.2) is 23.3 Å². The van der Waals surface area contributed by atoms with Crippen LogP contribution >= 0.6 is 0 Å². The zero-order valence-electron chi connectivity index (χ0n) is 7.50. The molecule has 76 valence electrons. The second-order valence-corrected chi connectivity index (χ2v) is 2.71. The van der Waals surface area contributed by atoms with Crippen molar-refractivity contribution in [2.24, 2.45) is 0 Å². The largest absolute Gasteiger partial charge is 0.203 e. The van der Waals surface area contributed by atoms with E-state index in [0.29, 0.717) is 0 Å². The van der Waals surface area contributed by atoms with Crippen molar-refractivity contribution in [3.05, 3.63) is 41.0 Å². The van der Waals surface area contributed by atoms with Crippen molar-refractivity contribution in [2.45, 2.75) is 13.3 Å². The highest BCUT2D eigenvalue weighted by Gasteiger charge is 2.22. The maximum absolute atomic E-state index is 13.1. The Hall–Kier alpha value is -1.32. The molecule has 1 rings (SSSR count). The molecule has 0 unspecified atom stereocenters. The summed E-state index contributed by atoms with van der Waals surface area (Å²) in [6, 6.07) is 0. The Balaban J connectivity index is 3.65. The zero-order chi connectivity index (χ0) is 10.9. The fraction of sp³-hybridized carbons (Fsp3) is 0.200. The van der Waals surface area contributed by atoms with E-state index < -0.39 is 23.3 Å². The van der Waals surface area contributed by atoms with Crippen LogP contribution in [0.15, 0.2) is 6.58 Å². The summed E-state index contributed by atoms with van der Waals surface area (Å²) in [6.07, 6.45) is 1.04. The van der Waals surface area contributed by atoms with Crippen molar-refractivity contribution in [2.75, 3.05) is 0 Å². The molecule has 4 heteroatoms. The average Bonchev–Trinajstić information content (AvgIpc) is 2.20. The van der Waals surface area contributed by atoms with Crippen molar-refractivity contribution in [3.63, 3.8) is 0 Å². The smallest absolute Gasteiger partial charge is 0.198 e. The van der Waals surface area contributed by atoms with E-state index in [4.69, 9.17) is 0 Å². The molecule has 0 nitrogen and oxygen atoms in total. The van der Waals surface area contributed by atoms with Crippen molar-refractivity contribution in [1.82, 2.24) is 0 Å². The molecule has 1 aromatic carbocycles. The third kappa shape index (κ3) is 1.41. The van der Waals surface area contributed by atoms with E-state index >= 15 is 0 Å². The van der Waals surface area contributed by atoms with E-state index in [9.17, 15) is 17.6 Å². The Morgan fingerprint density at radius 2 is 1.50 bits per heavy atom. The van der Waals surface area contributed by atoms with Gasteiger partial charge in [-0.05, 0) is 6.42 Å². The van der Waals surface area contributed by atoms with Crippen LogP contribution in [0, 0.1) is 23.3 Å². The van der Waals surface area contributed by atoms with Gasteiger partial charge in [-0.3, -0.25) is 0 Å². The van der Waals surface area contributed by atoms with Gasteiger partial charge in [-0.1, -0.05) is 19.6 Å². The minimum atomic E-state index is -1.80. The summed E-state index contributed by atoms with van der Waals surface area (Å²) in [5, 5.41) is 0. The molecule has 14 heavy (non-hydrogen) atoms. The lowest BCUT2D eigenvalue weighted by atomic mass is 10.0.